The van der Waals surface area contributed by atoms with Crippen molar-refractivity contribution in [2.24, 2.45) is 0 Å². The summed E-state index contributed by atoms with van der Waals surface area (Å²) < 4.78 is 29.4. The number of unbranched alkanes of at least 4 members (excludes halogenated alkanes) is 1. The number of sulfonamides is 1. The van der Waals surface area contributed by atoms with Crippen molar-refractivity contribution in [3.63, 3.8) is 0 Å². The van der Waals surface area contributed by atoms with Crippen molar-refractivity contribution < 1.29 is 18.0 Å². The molecular formula is C35H36Cl3N3O4S. The van der Waals surface area contributed by atoms with Crippen LogP contribution in [0.5, 0.6) is 0 Å². The standard InChI is InChI=1S/C35H36Cl3N3O4S/c1-3-4-21-39-35(43)33(22-26-12-6-5-7-13-26)40(23-29-30(37)14-10-15-31(29)38)34(42)24-41(32-16-9-8-11-25(32)2)46(44,45)28-19-17-27(36)18-20-28/h5-20,33H,3-4,21-24H2,1-2H3,(H,39,43)/t33-/m0/s1. The van der Waals surface area contributed by atoms with Gasteiger partial charge in [-0.1, -0.05) is 103 Å². The molecule has 11 heteroatoms. The number of hydrogen-bond donors (Lipinski definition) is 1. The van der Waals surface area contributed by atoms with Gasteiger partial charge in [-0.25, -0.2) is 8.42 Å². The third-order valence-electron chi connectivity index (χ3n) is 7.56. The van der Waals surface area contributed by atoms with Crippen molar-refractivity contribution in [3.05, 3.63) is 129 Å². The first kappa shape index (κ1) is 35.3. The molecule has 0 fully saturated rings. The number of carbonyl (C=O) groups is 2. The maximum absolute atomic E-state index is 14.6. The fraction of sp³-hybridized carbons (Fsp3) is 0.257. The van der Waals surface area contributed by atoms with Gasteiger partial charge in [-0.3, -0.25) is 13.9 Å². The highest BCUT2D eigenvalue weighted by Crippen LogP contribution is 2.30. The van der Waals surface area contributed by atoms with Crippen LogP contribution in [-0.4, -0.2) is 44.3 Å². The minimum absolute atomic E-state index is 0.0354. The van der Waals surface area contributed by atoms with Gasteiger partial charge in [0.2, 0.25) is 11.8 Å². The van der Waals surface area contributed by atoms with Gasteiger partial charge in [0.15, 0.2) is 0 Å². The Balaban J connectivity index is 1.83. The molecule has 2 amide bonds. The number of hydrogen-bond acceptors (Lipinski definition) is 4. The molecule has 1 atom stereocenters. The third kappa shape index (κ3) is 8.82. The summed E-state index contributed by atoms with van der Waals surface area (Å²) in [5.41, 5.74) is 2.24. The van der Waals surface area contributed by atoms with Crippen LogP contribution in [-0.2, 0) is 32.6 Å². The van der Waals surface area contributed by atoms with E-state index in [1.807, 2.05) is 37.3 Å². The average Bonchev–Trinajstić information content (AvgIpc) is 3.04. The molecule has 46 heavy (non-hydrogen) atoms. The summed E-state index contributed by atoms with van der Waals surface area (Å²) in [6, 6.07) is 26.0. The highest BCUT2D eigenvalue weighted by Gasteiger charge is 2.35. The van der Waals surface area contributed by atoms with Crippen molar-refractivity contribution in [1.29, 1.82) is 0 Å². The summed E-state index contributed by atoms with van der Waals surface area (Å²) in [6.45, 7) is 3.49. The zero-order valence-corrected chi connectivity index (χ0v) is 28.7. The van der Waals surface area contributed by atoms with Gasteiger partial charge in [-0.05, 0) is 66.9 Å². The van der Waals surface area contributed by atoms with Gasteiger partial charge in [0.25, 0.3) is 10.0 Å². The number of para-hydroxylation sites is 1. The van der Waals surface area contributed by atoms with E-state index < -0.39 is 28.5 Å². The Bertz CT molecular complexity index is 1730. The molecule has 1 N–H and O–H groups in total. The Kier molecular flexibility index (Phi) is 12.5. The first-order chi connectivity index (χ1) is 22.0. The number of rotatable bonds is 14. The van der Waals surface area contributed by atoms with Gasteiger partial charge in [-0.15, -0.1) is 0 Å². The van der Waals surface area contributed by atoms with Crippen molar-refractivity contribution in [2.75, 3.05) is 17.4 Å². The van der Waals surface area contributed by atoms with Gasteiger partial charge in [0, 0.05) is 40.1 Å². The molecule has 4 aromatic carbocycles. The maximum Gasteiger partial charge on any atom is 0.264 e. The fourth-order valence-corrected chi connectivity index (χ4v) is 7.13. The molecule has 4 rings (SSSR count). The first-order valence-electron chi connectivity index (χ1n) is 14.9. The van der Waals surface area contributed by atoms with Crippen molar-refractivity contribution >= 4 is 62.3 Å². The minimum Gasteiger partial charge on any atom is -0.354 e. The van der Waals surface area contributed by atoms with Crippen LogP contribution < -0.4 is 9.62 Å². The zero-order valence-electron chi connectivity index (χ0n) is 25.6. The highest BCUT2D eigenvalue weighted by molar-refractivity contribution is 7.92. The number of halogens is 3. The summed E-state index contributed by atoms with van der Waals surface area (Å²) in [5, 5.41) is 3.98. The third-order valence-corrected chi connectivity index (χ3v) is 10.3. The smallest absolute Gasteiger partial charge is 0.264 e. The second-order valence-electron chi connectivity index (χ2n) is 10.8. The van der Waals surface area contributed by atoms with Crippen LogP contribution in [0, 0.1) is 6.92 Å². The van der Waals surface area contributed by atoms with E-state index in [2.05, 4.69) is 5.32 Å². The summed E-state index contributed by atoms with van der Waals surface area (Å²) in [4.78, 5) is 29.8. The minimum atomic E-state index is -4.26. The molecule has 0 spiro atoms. The maximum atomic E-state index is 14.6. The van der Waals surface area contributed by atoms with Crippen LogP contribution >= 0.6 is 34.8 Å². The SMILES string of the molecule is CCCCNC(=O)[C@H](Cc1ccccc1)N(Cc1c(Cl)cccc1Cl)C(=O)CN(c1ccccc1C)S(=O)(=O)c1ccc(Cl)cc1. The summed E-state index contributed by atoms with van der Waals surface area (Å²) >= 11 is 19.2. The Morgan fingerprint density at radius 2 is 1.46 bits per heavy atom. The van der Waals surface area contributed by atoms with E-state index >= 15 is 0 Å². The number of nitrogens with one attached hydrogen (secondary N) is 1. The van der Waals surface area contributed by atoms with E-state index in [1.165, 1.54) is 29.2 Å². The molecule has 0 radical (unpaired) electrons. The van der Waals surface area contributed by atoms with E-state index in [4.69, 9.17) is 34.8 Å². The molecule has 0 unspecified atom stereocenters. The topological polar surface area (TPSA) is 86.8 Å². The van der Waals surface area contributed by atoms with E-state index in [-0.39, 0.29) is 23.8 Å². The molecule has 0 saturated heterocycles. The first-order valence-corrected chi connectivity index (χ1v) is 17.5. The zero-order chi connectivity index (χ0) is 33.3. The van der Waals surface area contributed by atoms with Crippen LogP contribution in [0.2, 0.25) is 15.1 Å². The number of carbonyl (C=O) groups excluding carboxylic acids is 2. The van der Waals surface area contributed by atoms with Crippen LogP contribution in [0.25, 0.3) is 0 Å². The second kappa shape index (κ2) is 16.3. The van der Waals surface area contributed by atoms with Gasteiger partial charge >= 0.3 is 0 Å². The highest BCUT2D eigenvalue weighted by atomic mass is 35.5. The molecule has 0 aliphatic heterocycles. The molecule has 0 heterocycles. The molecular weight excluding hydrogens is 665 g/mol. The molecule has 7 nitrogen and oxygen atoms in total. The summed E-state index contributed by atoms with van der Waals surface area (Å²) in [5.74, 6) is -0.972. The number of benzene rings is 4. The molecule has 0 saturated carbocycles. The van der Waals surface area contributed by atoms with Gasteiger partial charge in [0.05, 0.1) is 10.6 Å². The van der Waals surface area contributed by atoms with E-state index in [1.54, 1.807) is 49.4 Å². The Labute approximate surface area is 286 Å². The van der Waals surface area contributed by atoms with Gasteiger partial charge in [-0.2, -0.15) is 0 Å². The Morgan fingerprint density at radius 3 is 2.09 bits per heavy atom. The molecule has 0 aliphatic carbocycles. The average molecular weight is 701 g/mol. The number of amides is 2. The van der Waals surface area contributed by atoms with Crippen molar-refractivity contribution in [3.8, 4) is 0 Å². The molecule has 0 aromatic heterocycles. The van der Waals surface area contributed by atoms with Crippen LogP contribution in [0.3, 0.4) is 0 Å². The van der Waals surface area contributed by atoms with Gasteiger partial charge in [0.1, 0.15) is 12.6 Å². The van der Waals surface area contributed by atoms with E-state index in [0.29, 0.717) is 38.4 Å². The lowest BCUT2D eigenvalue weighted by Crippen LogP contribution is -2.53. The fourth-order valence-electron chi connectivity index (χ4n) is 5.00. The largest absolute Gasteiger partial charge is 0.354 e. The van der Waals surface area contributed by atoms with Gasteiger partial charge < -0.3 is 10.2 Å². The summed E-state index contributed by atoms with van der Waals surface area (Å²) in [7, 11) is -4.26. The lowest BCUT2D eigenvalue weighted by molar-refractivity contribution is -0.140. The lowest BCUT2D eigenvalue weighted by Gasteiger charge is -2.34. The second-order valence-corrected chi connectivity index (χ2v) is 13.9. The molecule has 4 aromatic rings. The molecule has 0 aliphatic rings. The van der Waals surface area contributed by atoms with E-state index in [9.17, 15) is 18.0 Å². The molecule has 0 bridgehead atoms. The van der Waals surface area contributed by atoms with Crippen LogP contribution in [0.1, 0.15) is 36.5 Å². The predicted octanol–water partition coefficient (Wildman–Crippen LogP) is 7.71. The Hall–Kier alpha value is -3.56. The normalized spacial score (nSPS) is 11.9. The number of aryl methyl sites for hydroxylation is 1. The number of anilines is 1. The monoisotopic (exact) mass is 699 g/mol. The van der Waals surface area contributed by atoms with Crippen LogP contribution in [0.15, 0.2) is 102 Å². The Morgan fingerprint density at radius 1 is 0.826 bits per heavy atom. The van der Waals surface area contributed by atoms with E-state index in [0.717, 1.165) is 22.7 Å². The lowest BCUT2D eigenvalue weighted by atomic mass is 10.0. The number of nitrogens with zero attached hydrogens (tertiary/aromatic N) is 2. The summed E-state index contributed by atoms with van der Waals surface area (Å²) in [6.07, 6.45) is 1.81. The predicted molar refractivity (Wildman–Crippen MR) is 186 cm³/mol. The van der Waals surface area contributed by atoms with Crippen molar-refractivity contribution in [1.82, 2.24) is 10.2 Å². The molecule has 242 valence electrons. The van der Waals surface area contributed by atoms with Crippen molar-refractivity contribution in [2.45, 2.75) is 50.6 Å². The van der Waals surface area contributed by atoms with Crippen LogP contribution in [0.4, 0.5) is 5.69 Å². The quantitative estimate of drug-likeness (QED) is 0.137.